The minimum absolute atomic E-state index is 0.212. The molecule has 1 heterocycles. The maximum atomic E-state index is 12.0. The van der Waals surface area contributed by atoms with E-state index in [0.717, 1.165) is 22.4 Å². The number of nitrogens with two attached hydrogens (primary N) is 1. The molecular formula is C13H22BrN3O. The van der Waals surface area contributed by atoms with E-state index in [2.05, 4.69) is 21.0 Å². The van der Waals surface area contributed by atoms with Crippen LogP contribution in [0.1, 0.15) is 45.0 Å². The average molecular weight is 316 g/mol. The summed E-state index contributed by atoms with van der Waals surface area (Å²) in [6.45, 7) is 8.62. The van der Waals surface area contributed by atoms with Gasteiger partial charge >= 0.3 is 0 Å². The molecule has 1 aromatic rings. The third-order valence-corrected chi connectivity index (χ3v) is 3.90. The maximum absolute atomic E-state index is 12.0. The number of carbonyl (C=O) groups excluding carboxylic acids is 1. The smallest absolute Gasteiger partial charge is 0.138 e. The van der Waals surface area contributed by atoms with Gasteiger partial charge in [0.15, 0.2) is 0 Å². The van der Waals surface area contributed by atoms with Crippen LogP contribution in [-0.4, -0.2) is 21.1 Å². The third-order valence-electron chi connectivity index (χ3n) is 2.87. The number of nitrogens with zero attached hydrogens (tertiary/aromatic N) is 2. The number of carbonyl (C=O) groups is 1. The highest BCUT2D eigenvalue weighted by atomic mass is 79.9. The molecule has 1 aromatic heterocycles. The van der Waals surface area contributed by atoms with Crippen molar-refractivity contribution in [2.24, 2.45) is 5.73 Å². The minimum Gasteiger partial charge on any atom is -0.326 e. The van der Waals surface area contributed by atoms with Crippen LogP contribution in [0.15, 0.2) is 4.47 Å². The Bertz CT molecular complexity index is 432. The van der Waals surface area contributed by atoms with Crippen LogP contribution >= 0.6 is 15.9 Å². The van der Waals surface area contributed by atoms with Gasteiger partial charge in [-0.25, -0.2) is 0 Å². The van der Waals surface area contributed by atoms with Crippen LogP contribution in [0.3, 0.4) is 0 Å². The summed E-state index contributed by atoms with van der Waals surface area (Å²) < 4.78 is 2.83. The number of rotatable bonds is 6. The highest BCUT2D eigenvalue weighted by molar-refractivity contribution is 9.10. The second-order valence-electron chi connectivity index (χ2n) is 5.37. The fourth-order valence-electron chi connectivity index (χ4n) is 1.77. The van der Waals surface area contributed by atoms with Gasteiger partial charge in [-0.15, -0.1) is 0 Å². The van der Waals surface area contributed by atoms with Gasteiger partial charge in [-0.05, 0) is 50.0 Å². The maximum Gasteiger partial charge on any atom is 0.138 e. The van der Waals surface area contributed by atoms with E-state index in [-0.39, 0.29) is 11.3 Å². The van der Waals surface area contributed by atoms with Crippen molar-refractivity contribution in [3.8, 4) is 0 Å². The van der Waals surface area contributed by atoms with Gasteiger partial charge in [0, 0.05) is 24.9 Å². The molecule has 0 aliphatic carbocycles. The molecule has 0 aliphatic rings. The quantitative estimate of drug-likeness (QED) is 0.877. The van der Waals surface area contributed by atoms with Gasteiger partial charge in [-0.2, -0.15) is 5.10 Å². The van der Waals surface area contributed by atoms with Crippen LogP contribution in [0.2, 0.25) is 0 Å². The zero-order chi connectivity index (χ0) is 13.9. The second kappa shape index (κ2) is 5.97. The molecule has 0 radical (unpaired) electrons. The summed E-state index contributed by atoms with van der Waals surface area (Å²) in [4.78, 5) is 12.0. The molecule has 102 valence electrons. The number of ketones is 1. The lowest BCUT2D eigenvalue weighted by molar-refractivity contribution is -0.118. The first kappa shape index (κ1) is 15.4. The van der Waals surface area contributed by atoms with Gasteiger partial charge in [-0.3, -0.25) is 9.48 Å². The number of aromatic nitrogens is 2. The van der Waals surface area contributed by atoms with Crippen molar-refractivity contribution in [3.63, 3.8) is 0 Å². The summed E-state index contributed by atoms with van der Waals surface area (Å²) in [6, 6.07) is 0. The first-order valence-electron chi connectivity index (χ1n) is 6.27. The van der Waals surface area contributed by atoms with Crippen LogP contribution in [0.4, 0.5) is 0 Å². The number of Topliss-reactive ketones (excluding diaryl/α,β-unsaturated/α-hetero) is 1. The Kier molecular flexibility index (Phi) is 5.10. The molecule has 0 bridgehead atoms. The Morgan fingerprint density at radius 2 is 2.11 bits per heavy atom. The normalized spacial score (nSPS) is 11.9. The predicted octanol–water partition coefficient (Wildman–Crippen LogP) is 2.60. The van der Waals surface area contributed by atoms with E-state index in [4.69, 9.17) is 5.73 Å². The monoisotopic (exact) mass is 315 g/mol. The summed E-state index contributed by atoms with van der Waals surface area (Å²) in [5.74, 6) is 0.212. The van der Waals surface area contributed by atoms with E-state index in [9.17, 15) is 4.79 Å². The summed E-state index contributed by atoms with van der Waals surface area (Å²) in [5.41, 5.74) is 7.50. The number of aryl methyl sites for hydroxylation is 2. The predicted molar refractivity (Wildman–Crippen MR) is 76.5 cm³/mol. The zero-order valence-corrected chi connectivity index (χ0v) is 13.2. The number of hydrogen-bond acceptors (Lipinski definition) is 3. The van der Waals surface area contributed by atoms with Crippen molar-refractivity contribution < 1.29 is 4.79 Å². The molecule has 0 atom stereocenters. The van der Waals surface area contributed by atoms with Crippen LogP contribution in [0.25, 0.3) is 0 Å². The third kappa shape index (κ3) is 4.21. The van der Waals surface area contributed by atoms with Crippen LogP contribution < -0.4 is 5.73 Å². The van der Waals surface area contributed by atoms with Crippen molar-refractivity contribution >= 4 is 21.7 Å². The molecule has 0 spiro atoms. The molecular weight excluding hydrogens is 294 g/mol. The highest BCUT2D eigenvalue weighted by Crippen LogP contribution is 2.22. The van der Waals surface area contributed by atoms with Crippen molar-refractivity contribution in [2.45, 2.75) is 59.0 Å². The SMILES string of the molecule is CCn1nc(C)c(Br)c1CC(=O)CCC(C)(C)N. The summed E-state index contributed by atoms with van der Waals surface area (Å²) >= 11 is 3.50. The molecule has 0 saturated carbocycles. The molecule has 0 aromatic carbocycles. The number of halogens is 1. The first-order chi connectivity index (χ1) is 8.24. The van der Waals surface area contributed by atoms with Gasteiger partial charge in [0.25, 0.3) is 0 Å². The lowest BCUT2D eigenvalue weighted by atomic mass is 9.97. The van der Waals surface area contributed by atoms with E-state index in [0.29, 0.717) is 19.3 Å². The Morgan fingerprint density at radius 3 is 2.61 bits per heavy atom. The van der Waals surface area contributed by atoms with Crippen molar-refractivity contribution in [2.75, 3.05) is 0 Å². The Labute approximate surface area is 117 Å². The molecule has 0 unspecified atom stereocenters. The number of hydrogen-bond donors (Lipinski definition) is 1. The van der Waals surface area contributed by atoms with Gasteiger partial charge in [-0.1, -0.05) is 0 Å². The molecule has 18 heavy (non-hydrogen) atoms. The molecule has 0 fully saturated rings. The van der Waals surface area contributed by atoms with Crippen molar-refractivity contribution in [1.29, 1.82) is 0 Å². The van der Waals surface area contributed by atoms with Crippen LogP contribution in [-0.2, 0) is 17.8 Å². The van der Waals surface area contributed by atoms with Crippen LogP contribution in [0.5, 0.6) is 0 Å². The van der Waals surface area contributed by atoms with Gasteiger partial charge < -0.3 is 5.73 Å². The van der Waals surface area contributed by atoms with E-state index in [1.807, 2.05) is 32.4 Å². The van der Waals surface area contributed by atoms with E-state index < -0.39 is 0 Å². The first-order valence-corrected chi connectivity index (χ1v) is 7.06. The van der Waals surface area contributed by atoms with Crippen LogP contribution in [0, 0.1) is 6.92 Å². The van der Waals surface area contributed by atoms with Gasteiger partial charge in [0.1, 0.15) is 5.78 Å². The Balaban J connectivity index is 2.70. The van der Waals surface area contributed by atoms with Gasteiger partial charge in [0.2, 0.25) is 0 Å². The molecule has 1 rings (SSSR count). The molecule has 5 heteroatoms. The zero-order valence-electron chi connectivity index (χ0n) is 11.6. The second-order valence-corrected chi connectivity index (χ2v) is 6.16. The molecule has 4 nitrogen and oxygen atoms in total. The average Bonchev–Trinajstić information content (AvgIpc) is 2.53. The largest absolute Gasteiger partial charge is 0.326 e. The summed E-state index contributed by atoms with van der Waals surface area (Å²) in [6.07, 6.45) is 1.65. The highest BCUT2D eigenvalue weighted by Gasteiger charge is 2.18. The fourth-order valence-corrected chi connectivity index (χ4v) is 2.20. The summed E-state index contributed by atoms with van der Waals surface area (Å²) in [5, 5.41) is 4.38. The fraction of sp³-hybridized carbons (Fsp3) is 0.692. The lowest BCUT2D eigenvalue weighted by Crippen LogP contribution is -2.32. The van der Waals surface area contributed by atoms with Gasteiger partial charge in [0.05, 0.1) is 15.9 Å². The van der Waals surface area contributed by atoms with E-state index in [1.54, 1.807) is 0 Å². The Morgan fingerprint density at radius 1 is 1.50 bits per heavy atom. The van der Waals surface area contributed by atoms with E-state index >= 15 is 0 Å². The minimum atomic E-state index is -0.284. The standard InChI is InChI=1S/C13H22BrN3O/c1-5-17-11(12(14)9(2)16-17)8-10(18)6-7-13(3,4)15/h5-8,15H2,1-4H3. The molecule has 0 saturated heterocycles. The summed E-state index contributed by atoms with van der Waals surface area (Å²) in [7, 11) is 0. The molecule has 2 N–H and O–H groups in total. The van der Waals surface area contributed by atoms with E-state index in [1.165, 1.54) is 0 Å². The molecule has 0 aliphatic heterocycles. The van der Waals surface area contributed by atoms with Crippen molar-refractivity contribution in [3.05, 3.63) is 15.9 Å². The topological polar surface area (TPSA) is 60.9 Å². The Hall–Kier alpha value is -0.680. The van der Waals surface area contributed by atoms with Crippen molar-refractivity contribution in [1.82, 2.24) is 9.78 Å². The molecule has 0 amide bonds. The lowest BCUT2D eigenvalue weighted by Gasteiger charge is -2.17.